The Hall–Kier alpha value is -1.30. The molecule has 39 heavy (non-hydrogen) atoms. The van der Waals surface area contributed by atoms with Crippen molar-refractivity contribution in [1.82, 2.24) is 0 Å². The van der Waals surface area contributed by atoms with E-state index >= 15 is 0 Å². The van der Waals surface area contributed by atoms with Gasteiger partial charge in [-0.05, 0) is 44.3 Å². The number of unbranched alkanes of at least 4 members (excludes halogenated alkanes) is 16. The summed E-state index contributed by atoms with van der Waals surface area (Å²) in [7, 11) is 0. The summed E-state index contributed by atoms with van der Waals surface area (Å²) in [6.45, 7) is 8.86. The summed E-state index contributed by atoms with van der Waals surface area (Å²) in [6.07, 6.45) is 38.3. The van der Waals surface area contributed by atoms with Gasteiger partial charge in [-0.25, -0.2) is 0 Å². The maximum atomic E-state index is 9.68. The zero-order chi connectivity index (χ0) is 28.4. The molecule has 2 atom stereocenters. The molecule has 0 fully saturated rings. The Labute approximate surface area is 246 Å². The van der Waals surface area contributed by atoms with E-state index in [9.17, 15) is 10.2 Å². The molecule has 0 heterocycles. The van der Waals surface area contributed by atoms with E-state index in [-0.39, 0.29) is 19.6 Å². The maximum Gasteiger partial charge on any atom is 0.0730 e. The first-order valence-electron chi connectivity index (χ1n) is 16.5. The molecule has 0 radical (unpaired) electrons. The highest BCUT2D eigenvalue weighted by molar-refractivity contribution is 5.16. The van der Waals surface area contributed by atoms with Crippen LogP contribution in [0.5, 0.6) is 0 Å². The molecule has 0 aromatic carbocycles. The Balaban J connectivity index is -0.000000648. The van der Waals surface area contributed by atoms with E-state index in [0.717, 1.165) is 32.1 Å². The second-order valence-electron chi connectivity index (χ2n) is 10.7. The number of aliphatic hydroxyl groups excluding tert-OH is 2. The van der Waals surface area contributed by atoms with Crippen LogP contribution in [0, 0.1) is 11.8 Å². The maximum absolute atomic E-state index is 9.68. The molecule has 0 spiro atoms. The van der Waals surface area contributed by atoms with Gasteiger partial charge in [-0.1, -0.05) is 174 Å². The molecule has 230 valence electrons. The van der Waals surface area contributed by atoms with Gasteiger partial charge in [0.1, 0.15) is 0 Å². The molecule has 2 unspecified atom stereocenters. The van der Waals surface area contributed by atoms with Crippen LogP contribution in [0.25, 0.3) is 0 Å². The van der Waals surface area contributed by atoms with Crippen molar-refractivity contribution in [3.63, 3.8) is 0 Å². The topological polar surface area (TPSA) is 40.5 Å². The Morgan fingerprint density at radius 3 is 1.56 bits per heavy atom. The molecule has 0 aliphatic carbocycles. The number of allylic oxidation sites excluding steroid dienone is 4. The lowest BCUT2D eigenvalue weighted by Gasteiger charge is -2.03. The minimum Gasteiger partial charge on any atom is -0.389 e. The van der Waals surface area contributed by atoms with Crippen molar-refractivity contribution in [1.29, 1.82) is 0 Å². The number of aliphatic hydroxyl groups is 2. The molecule has 0 aromatic heterocycles. The minimum absolute atomic E-state index is 0. The fourth-order valence-corrected chi connectivity index (χ4v) is 4.09. The third kappa shape index (κ3) is 41.3. The molecule has 0 amide bonds. The molecule has 0 saturated heterocycles. The predicted molar refractivity (Wildman–Crippen MR) is 178 cm³/mol. The molecule has 0 rings (SSSR count). The van der Waals surface area contributed by atoms with E-state index in [1.54, 1.807) is 0 Å². The third-order valence-corrected chi connectivity index (χ3v) is 6.67. The number of rotatable bonds is 24. The summed E-state index contributed by atoms with van der Waals surface area (Å²) in [5.41, 5.74) is 0. The van der Waals surface area contributed by atoms with E-state index in [1.165, 1.54) is 109 Å². The van der Waals surface area contributed by atoms with Gasteiger partial charge in [0.05, 0.1) is 12.2 Å². The van der Waals surface area contributed by atoms with E-state index in [2.05, 4.69) is 51.7 Å². The van der Waals surface area contributed by atoms with Crippen molar-refractivity contribution in [2.75, 3.05) is 0 Å². The van der Waals surface area contributed by atoms with Crippen molar-refractivity contribution in [3.05, 3.63) is 36.5 Å². The quantitative estimate of drug-likeness (QED) is 0.0718. The average Bonchev–Trinajstić information content (AvgIpc) is 2.91. The fraction of sp³-hybridized carbons (Fsp3) is 0.784. The van der Waals surface area contributed by atoms with Crippen LogP contribution in [0.3, 0.4) is 0 Å². The first-order valence-corrected chi connectivity index (χ1v) is 16.5. The summed E-state index contributed by atoms with van der Waals surface area (Å²) >= 11 is 0. The second kappa shape index (κ2) is 38.8. The van der Waals surface area contributed by atoms with Gasteiger partial charge >= 0.3 is 0 Å². The van der Waals surface area contributed by atoms with E-state index in [4.69, 9.17) is 0 Å². The van der Waals surface area contributed by atoms with Crippen LogP contribution >= 0.6 is 0 Å². The minimum atomic E-state index is -0.310. The fourth-order valence-electron chi connectivity index (χ4n) is 4.09. The summed E-state index contributed by atoms with van der Waals surface area (Å²) in [5, 5.41) is 19.3. The van der Waals surface area contributed by atoms with E-state index in [1.807, 2.05) is 24.3 Å². The van der Waals surface area contributed by atoms with Crippen LogP contribution in [-0.4, -0.2) is 22.4 Å². The largest absolute Gasteiger partial charge is 0.389 e. The van der Waals surface area contributed by atoms with Crippen molar-refractivity contribution in [3.8, 4) is 11.8 Å². The van der Waals surface area contributed by atoms with Gasteiger partial charge < -0.3 is 10.2 Å². The lowest BCUT2D eigenvalue weighted by Crippen LogP contribution is -2.00. The Bertz CT molecular complexity index is 578. The Kier molecular flexibility index (Phi) is 42.0. The van der Waals surface area contributed by atoms with Crippen molar-refractivity contribution >= 4 is 0 Å². The molecule has 0 aliphatic rings. The molecule has 2 heteroatoms. The van der Waals surface area contributed by atoms with Gasteiger partial charge in [-0.2, -0.15) is 0 Å². The summed E-state index contributed by atoms with van der Waals surface area (Å²) in [5.74, 6) is 6.17. The van der Waals surface area contributed by atoms with Gasteiger partial charge in [-0.15, -0.1) is 0 Å². The lowest BCUT2D eigenvalue weighted by molar-refractivity contribution is 0.208. The Morgan fingerprint density at radius 2 is 1.00 bits per heavy atom. The zero-order valence-electron chi connectivity index (χ0n) is 26.1. The highest BCUT2D eigenvalue weighted by Gasteiger charge is 1.97. The molecular weight excluding hydrogens is 476 g/mol. The van der Waals surface area contributed by atoms with Crippen LogP contribution in [0.15, 0.2) is 36.5 Å². The van der Waals surface area contributed by atoms with E-state index in [0.29, 0.717) is 0 Å². The Morgan fingerprint density at radius 1 is 0.538 bits per heavy atom. The van der Waals surface area contributed by atoms with Crippen molar-refractivity contribution in [2.45, 2.75) is 189 Å². The van der Waals surface area contributed by atoms with Crippen LogP contribution in [-0.2, 0) is 0 Å². The van der Waals surface area contributed by atoms with Crippen molar-refractivity contribution < 1.29 is 10.2 Å². The van der Waals surface area contributed by atoms with Gasteiger partial charge in [-0.3, -0.25) is 0 Å². The van der Waals surface area contributed by atoms with Gasteiger partial charge in [0, 0.05) is 6.42 Å². The molecule has 2 nitrogen and oxygen atoms in total. The normalized spacial score (nSPS) is 12.7. The third-order valence-electron chi connectivity index (χ3n) is 6.67. The standard InChI is InChI=1S/C18H34O.C18H32O.CH4/c2*1-3-5-7-8-9-10-11-12-13-15-17-18(19)16-14-6-4-2;/h12-13,15,17-19H,3-11,14,16H2,1-2H3;15,17-19H,3-11,14,16H2,1-2H3;1H4/b13-12-,17-15+;17-15+;. The van der Waals surface area contributed by atoms with Crippen LogP contribution < -0.4 is 0 Å². The summed E-state index contributed by atoms with van der Waals surface area (Å²) < 4.78 is 0. The van der Waals surface area contributed by atoms with Crippen LogP contribution in [0.2, 0.25) is 0 Å². The number of hydrogen-bond donors (Lipinski definition) is 2. The smallest absolute Gasteiger partial charge is 0.0730 e. The second-order valence-corrected chi connectivity index (χ2v) is 10.7. The first-order chi connectivity index (χ1) is 18.6. The highest BCUT2D eigenvalue weighted by Crippen LogP contribution is 2.08. The first kappa shape index (κ1) is 42.2. The van der Waals surface area contributed by atoms with E-state index < -0.39 is 0 Å². The molecular formula is C37H70O2. The summed E-state index contributed by atoms with van der Waals surface area (Å²) in [4.78, 5) is 0. The van der Waals surface area contributed by atoms with Crippen molar-refractivity contribution in [2.24, 2.45) is 0 Å². The zero-order valence-corrected chi connectivity index (χ0v) is 26.1. The molecule has 0 bridgehead atoms. The molecule has 0 aliphatic heterocycles. The highest BCUT2D eigenvalue weighted by atomic mass is 16.3. The average molecular weight is 547 g/mol. The number of hydrogen-bond acceptors (Lipinski definition) is 2. The lowest BCUT2D eigenvalue weighted by atomic mass is 10.1. The van der Waals surface area contributed by atoms with Crippen LogP contribution in [0.1, 0.15) is 176 Å². The SMILES string of the molecule is C.CCCCCCCC/C=C\C=C\C(O)CCCCC.CCCCCCCCC#C/C=C/C(O)CCCCC. The molecule has 2 N–H and O–H groups in total. The molecule has 0 aromatic rings. The van der Waals surface area contributed by atoms with Gasteiger partial charge in [0.25, 0.3) is 0 Å². The monoisotopic (exact) mass is 547 g/mol. The summed E-state index contributed by atoms with van der Waals surface area (Å²) in [6, 6.07) is 0. The van der Waals surface area contributed by atoms with Crippen LogP contribution in [0.4, 0.5) is 0 Å². The van der Waals surface area contributed by atoms with Gasteiger partial charge in [0.15, 0.2) is 0 Å². The van der Waals surface area contributed by atoms with Gasteiger partial charge in [0.2, 0.25) is 0 Å². The molecule has 0 saturated carbocycles. The predicted octanol–water partition coefficient (Wildman–Crippen LogP) is 11.7.